The molecule has 0 unspecified atom stereocenters. The quantitative estimate of drug-likeness (QED) is 0.839. The van der Waals surface area contributed by atoms with Crippen LogP contribution in [0.2, 0.25) is 0 Å². The second kappa shape index (κ2) is 5.91. The van der Waals surface area contributed by atoms with Gasteiger partial charge in [0.05, 0.1) is 6.54 Å². The number of benzene rings is 1. The molecule has 0 spiro atoms. The molecule has 0 amide bonds. The molecule has 0 bridgehead atoms. The maximum Gasteiger partial charge on any atom is 0.401 e. The summed E-state index contributed by atoms with van der Waals surface area (Å²) in [5.74, 6) is 0.216. The molecule has 112 valence electrons. The number of alkyl halides is 3. The zero-order valence-corrected chi connectivity index (χ0v) is 11.4. The van der Waals surface area contributed by atoms with Crippen molar-refractivity contribution in [2.45, 2.75) is 32.0 Å². The summed E-state index contributed by atoms with van der Waals surface area (Å²) in [6.45, 7) is 1.97. The van der Waals surface area contributed by atoms with Crippen LogP contribution >= 0.6 is 0 Å². The van der Waals surface area contributed by atoms with E-state index in [1.54, 1.807) is 18.2 Å². The predicted molar refractivity (Wildman–Crippen MR) is 72.0 cm³/mol. The Labute approximate surface area is 116 Å². The average molecular weight is 288 g/mol. The summed E-state index contributed by atoms with van der Waals surface area (Å²) in [4.78, 5) is 1.45. The van der Waals surface area contributed by atoms with E-state index < -0.39 is 12.7 Å². The van der Waals surface area contributed by atoms with Crippen molar-refractivity contribution in [1.82, 2.24) is 4.90 Å². The smallest absolute Gasteiger partial charge is 0.401 e. The highest BCUT2D eigenvalue weighted by Crippen LogP contribution is 2.24. The van der Waals surface area contributed by atoms with E-state index in [1.807, 2.05) is 6.92 Å². The maximum atomic E-state index is 12.3. The summed E-state index contributed by atoms with van der Waals surface area (Å²) in [7, 11) is 0. The molecular weight excluding hydrogens is 269 g/mol. The van der Waals surface area contributed by atoms with Crippen LogP contribution in [-0.2, 0) is 0 Å². The summed E-state index contributed by atoms with van der Waals surface area (Å²) in [6, 6.07) is 5.25. The van der Waals surface area contributed by atoms with Gasteiger partial charge in [0.2, 0.25) is 0 Å². The van der Waals surface area contributed by atoms with Gasteiger partial charge in [-0.2, -0.15) is 13.2 Å². The fourth-order valence-corrected chi connectivity index (χ4v) is 2.52. The highest BCUT2D eigenvalue weighted by Gasteiger charge is 2.32. The second-order valence-electron chi connectivity index (χ2n) is 5.31. The van der Waals surface area contributed by atoms with Crippen molar-refractivity contribution >= 4 is 5.69 Å². The molecule has 1 aromatic rings. The molecule has 20 heavy (non-hydrogen) atoms. The van der Waals surface area contributed by atoms with Crippen LogP contribution in [0, 0.1) is 6.92 Å². The molecular formula is C14H19F3N2O. The lowest BCUT2D eigenvalue weighted by molar-refractivity contribution is -0.147. The first-order chi connectivity index (χ1) is 9.33. The number of piperidine rings is 1. The summed E-state index contributed by atoms with van der Waals surface area (Å²) in [5.41, 5.74) is 1.86. The number of phenolic OH excluding ortho intramolecular Hbond substituents is 1. The molecule has 1 saturated heterocycles. The number of rotatable bonds is 3. The van der Waals surface area contributed by atoms with Gasteiger partial charge < -0.3 is 10.4 Å². The minimum Gasteiger partial charge on any atom is -0.508 e. The highest BCUT2D eigenvalue weighted by atomic mass is 19.4. The van der Waals surface area contributed by atoms with E-state index in [-0.39, 0.29) is 11.8 Å². The first kappa shape index (κ1) is 15.0. The van der Waals surface area contributed by atoms with Gasteiger partial charge in [0.1, 0.15) is 5.75 Å². The Kier molecular flexibility index (Phi) is 4.42. The number of nitrogens with zero attached hydrogens (tertiary/aromatic N) is 1. The normalized spacial score (nSPS) is 18.2. The topological polar surface area (TPSA) is 35.5 Å². The highest BCUT2D eigenvalue weighted by molar-refractivity contribution is 5.53. The fourth-order valence-electron chi connectivity index (χ4n) is 2.52. The van der Waals surface area contributed by atoms with Crippen LogP contribution in [0.25, 0.3) is 0 Å². The molecule has 1 aliphatic heterocycles. The molecule has 0 aromatic heterocycles. The molecule has 0 saturated carbocycles. The Morgan fingerprint density at radius 1 is 1.30 bits per heavy atom. The van der Waals surface area contributed by atoms with Crippen molar-refractivity contribution in [3.05, 3.63) is 23.8 Å². The Morgan fingerprint density at radius 2 is 1.95 bits per heavy atom. The Balaban J connectivity index is 1.85. The number of likely N-dealkylation sites (tertiary alicyclic amines) is 1. The number of hydrogen-bond acceptors (Lipinski definition) is 3. The Hall–Kier alpha value is -1.43. The van der Waals surface area contributed by atoms with Crippen molar-refractivity contribution in [2.75, 3.05) is 25.0 Å². The molecule has 2 rings (SSSR count). The number of aryl methyl sites for hydroxylation is 1. The van der Waals surface area contributed by atoms with Gasteiger partial charge in [-0.05, 0) is 43.5 Å². The zero-order chi connectivity index (χ0) is 14.8. The van der Waals surface area contributed by atoms with Crippen LogP contribution < -0.4 is 5.32 Å². The van der Waals surface area contributed by atoms with Gasteiger partial charge >= 0.3 is 6.18 Å². The molecule has 0 radical (unpaired) electrons. The Morgan fingerprint density at radius 3 is 2.50 bits per heavy atom. The number of aromatic hydroxyl groups is 1. The van der Waals surface area contributed by atoms with E-state index in [9.17, 15) is 18.3 Å². The monoisotopic (exact) mass is 288 g/mol. The van der Waals surface area contributed by atoms with Crippen LogP contribution in [0.15, 0.2) is 18.2 Å². The van der Waals surface area contributed by atoms with Crippen molar-refractivity contribution < 1.29 is 18.3 Å². The first-order valence-corrected chi connectivity index (χ1v) is 6.69. The molecule has 1 fully saturated rings. The SMILES string of the molecule is Cc1cc(O)ccc1NC1CCN(CC(F)(F)F)CC1. The van der Waals surface area contributed by atoms with E-state index >= 15 is 0 Å². The lowest BCUT2D eigenvalue weighted by atomic mass is 10.0. The van der Waals surface area contributed by atoms with E-state index in [0.717, 1.165) is 11.3 Å². The van der Waals surface area contributed by atoms with Gasteiger partial charge in [-0.1, -0.05) is 0 Å². The van der Waals surface area contributed by atoms with Crippen molar-refractivity contribution in [3.8, 4) is 5.75 Å². The summed E-state index contributed by atoms with van der Waals surface area (Å²) >= 11 is 0. The fraction of sp³-hybridized carbons (Fsp3) is 0.571. The van der Waals surface area contributed by atoms with E-state index in [2.05, 4.69) is 5.32 Å². The number of phenols is 1. The third-order valence-corrected chi connectivity index (χ3v) is 3.56. The van der Waals surface area contributed by atoms with Gasteiger partial charge in [0, 0.05) is 24.8 Å². The minimum absolute atomic E-state index is 0.183. The molecule has 3 nitrogen and oxygen atoms in total. The van der Waals surface area contributed by atoms with Crippen molar-refractivity contribution in [1.29, 1.82) is 0 Å². The number of nitrogens with one attached hydrogen (secondary N) is 1. The molecule has 0 aliphatic carbocycles. The van der Waals surface area contributed by atoms with E-state index in [1.165, 1.54) is 4.90 Å². The third kappa shape index (κ3) is 4.30. The standard InChI is InChI=1S/C14H19F3N2O/c1-10-8-12(20)2-3-13(10)18-11-4-6-19(7-5-11)9-14(15,16)17/h2-3,8,11,18,20H,4-7,9H2,1H3. The van der Waals surface area contributed by atoms with Gasteiger partial charge in [-0.3, -0.25) is 4.90 Å². The number of hydrogen-bond donors (Lipinski definition) is 2. The van der Waals surface area contributed by atoms with Crippen molar-refractivity contribution in [3.63, 3.8) is 0 Å². The van der Waals surface area contributed by atoms with E-state index in [4.69, 9.17) is 0 Å². The van der Waals surface area contributed by atoms with Crippen LogP contribution in [0.5, 0.6) is 5.75 Å². The van der Waals surface area contributed by atoms with Crippen LogP contribution in [-0.4, -0.2) is 41.9 Å². The van der Waals surface area contributed by atoms with Gasteiger partial charge in [0.15, 0.2) is 0 Å². The van der Waals surface area contributed by atoms with Crippen LogP contribution in [0.1, 0.15) is 18.4 Å². The molecule has 1 aliphatic rings. The van der Waals surface area contributed by atoms with Gasteiger partial charge in [-0.25, -0.2) is 0 Å². The summed E-state index contributed by atoms with van der Waals surface area (Å²) < 4.78 is 36.9. The molecule has 1 aromatic carbocycles. The maximum absolute atomic E-state index is 12.3. The number of anilines is 1. The molecule has 1 heterocycles. The van der Waals surface area contributed by atoms with Crippen LogP contribution in [0.3, 0.4) is 0 Å². The van der Waals surface area contributed by atoms with E-state index in [0.29, 0.717) is 25.9 Å². The number of halogens is 3. The lowest BCUT2D eigenvalue weighted by Crippen LogP contribution is -2.43. The average Bonchev–Trinajstić information content (AvgIpc) is 2.33. The molecule has 6 heteroatoms. The van der Waals surface area contributed by atoms with Crippen molar-refractivity contribution in [2.24, 2.45) is 0 Å². The van der Waals surface area contributed by atoms with Gasteiger partial charge in [-0.15, -0.1) is 0 Å². The molecule has 0 atom stereocenters. The third-order valence-electron chi connectivity index (χ3n) is 3.56. The summed E-state index contributed by atoms with van der Waals surface area (Å²) in [6.07, 6.45) is -2.74. The predicted octanol–water partition coefficient (Wildman–Crippen LogP) is 3.14. The second-order valence-corrected chi connectivity index (χ2v) is 5.31. The Bertz CT molecular complexity index is 454. The molecule has 2 N–H and O–H groups in total. The largest absolute Gasteiger partial charge is 0.508 e. The first-order valence-electron chi connectivity index (χ1n) is 6.69. The van der Waals surface area contributed by atoms with Gasteiger partial charge in [0.25, 0.3) is 0 Å². The van der Waals surface area contributed by atoms with Crippen LogP contribution in [0.4, 0.5) is 18.9 Å². The minimum atomic E-state index is -4.12. The lowest BCUT2D eigenvalue weighted by Gasteiger charge is -2.33. The zero-order valence-electron chi connectivity index (χ0n) is 11.4. The summed E-state index contributed by atoms with van der Waals surface area (Å²) in [5, 5.41) is 12.7.